The molecular formula is C32H24N6O2. The summed E-state index contributed by atoms with van der Waals surface area (Å²) in [6.45, 7) is 0.376. The summed E-state index contributed by atoms with van der Waals surface area (Å²) in [5.74, 6) is 0.403. The summed E-state index contributed by atoms with van der Waals surface area (Å²) in [5.41, 5.74) is 12.0. The molecule has 0 bridgehead atoms. The molecule has 40 heavy (non-hydrogen) atoms. The lowest BCUT2D eigenvalue weighted by molar-refractivity contribution is 0.102. The number of carbonyl (C=O) groups excluding carboxylic acids is 1. The highest BCUT2D eigenvalue weighted by Crippen LogP contribution is 2.41. The van der Waals surface area contributed by atoms with Gasteiger partial charge in [0.05, 0.1) is 17.4 Å². The second kappa shape index (κ2) is 9.68. The van der Waals surface area contributed by atoms with Crippen LogP contribution in [0, 0.1) is 0 Å². The van der Waals surface area contributed by atoms with Gasteiger partial charge in [-0.05, 0) is 66.2 Å². The predicted octanol–water partition coefficient (Wildman–Crippen LogP) is 6.81. The van der Waals surface area contributed by atoms with Gasteiger partial charge in [-0.2, -0.15) is 9.61 Å². The highest BCUT2D eigenvalue weighted by Gasteiger charge is 2.22. The van der Waals surface area contributed by atoms with E-state index in [-0.39, 0.29) is 5.91 Å². The van der Waals surface area contributed by atoms with Crippen molar-refractivity contribution in [1.82, 2.24) is 14.6 Å². The van der Waals surface area contributed by atoms with Crippen molar-refractivity contribution in [2.24, 2.45) is 5.73 Å². The molecule has 0 unspecified atom stereocenters. The molecule has 3 N–H and O–H groups in total. The van der Waals surface area contributed by atoms with E-state index in [9.17, 15) is 4.79 Å². The smallest absolute Gasteiger partial charge is 0.255 e. The number of nitrogens with one attached hydrogen (secondary N) is 1. The quantitative estimate of drug-likeness (QED) is 0.248. The third-order valence-corrected chi connectivity index (χ3v) is 6.93. The van der Waals surface area contributed by atoms with Gasteiger partial charge in [-0.3, -0.25) is 9.69 Å². The molecule has 0 aliphatic heterocycles. The first-order valence-electron chi connectivity index (χ1n) is 12.9. The highest BCUT2D eigenvalue weighted by molar-refractivity contribution is 6.10. The second-order valence-electron chi connectivity index (χ2n) is 9.41. The molecule has 0 aliphatic rings. The van der Waals surface area contributed by atoms with E-state index in [2.05, 4.69) is 22.5 Å². The molecule has 3 heterocycles. The van der Waals surface area contributed by atoms with Crippen LogP contribution in [-0.4, -0.2) is 20.5 Å². The molecule has 3 aromatic heterocycles. The third-order valence-electron chi connectivity index (χ3n) is 6.93. The number of fused-ring (bicyclic) bond motifs is 4. The van der Waals surface area contributed by atoms with Gasteiger partial charge in [-0.25, -0.2) is 4.98 Å². The summed E-state index contributed by atoms with van der Waals surface area (Å²) >= 11 is 0. The predicted molar refractivity (Wildman–Crippen MR) is 157 cm³/mol. The Kier molecular flexibility index (Phi) is 5.72. The maximum absolute atomic E-state index is 12.9. The number of hydrogen-bond acceptors (Lipinski definition) is 6. The van der Waals surface area contributed by atoms with Crippen molar-refractivity contribution in [3.05, 3.63) is 127 Å². The van der Waals surface area contributed by atoms with Gasteiger partial charge in [0.25, 0.3) is 5.91 Å². The van der Waals surface area contributed by atoms with Crippen LogP contribution in [0.5, 0.6) is 0 Å². The number of carbonyl (C=O) groups is 1. The van der Waals surface area contributed by atoms with Crippen molar-refractivity contribution in [3.8, 4) is 0 Å². The molecule has 0 fully saturated rings. The first kappa shape index (κ1) is 23.6. The van der Waals surface area contributed by atoms with Gasteiger partial charge in [-0.15, -0.1) is 0 Å². The first-order chi connectivity index (χ1) is 19.7. The van der Waals surface area contributed by atoms with Gasteiger partial charge in [0.15, 0.2) is 5.58 Å². The van der Waals surface area contributed by atoms with E-state index in [1.807, 2.05) is 83.8 Å². The Morgan fingerprint density at radius 2 is 1.68 bits per heavy atom. The third kappa shape index (κ3) is 4.03. The van der Waals surface area contributed by atoms with E-state index in [1.165, 1.54) is 0 Å². The van der Waals surface area contributed by atoms with Crippen molar-refractivity contribution in [1.29, 1.82) is 0 Å². The lowest BCUT2D eigenvalue weighted by atomic mass is 10.1. The molecule has 8 nitrogen and oxygen atoms in total. The van der Waals surface area contributed by atoms with Gasteiger partial charge in [0.1, 0.15) is 5.58 Å². The van der Waals surface area contributed by atoms with Gasteiger partial charge in [0.2, 0.25) is 5.95 Å². The van der Waals surface area contributed by atoms with Crippen LogP contribution in [0.1, 0.15) is 15.9 Å². The molecule has 0 spiro atoms. The lowest BCUT2D eigenvalue weighted by Gasteiger charge is -2.24. The van der Waals surface area contributed by atoms with Crippen molar-refractivity contribution in [3.63, 3.8) is 0 Å². The Morgan fingerprint density at radius 1 is 0.875 bits per heavy atom. The van der Waals surface area contributed by atoms with Crippen LogP contribution in [0.4, 0.5) is 23.0 Å². The van der Waals surface area contributed by atoms with E-state index >= 15 is 0 Å². The number of amides is 1. The first-order valence-corrected chi connectivity index (χ1v) is 12.9. The fourth-order valence-electron chi connectivity index (χ4n) is 5.00. The summed E-state index contributed by atoms with van der Waals surface area (Å²) < 4.78 is 8.17. The van der Waals surface area contributed by atoms with Gasteiger partial charge < -0.3 is 15.5 Å². The SMILES string of the molecule is NCc1cccc(C(=O)Nc2ccc(N(c3cccc4c3oc3ccccc34)c3nccc4ccnn34)cc2)c1. The molecule has 194 valence electrons. The minimum atomic E-state index is -0.199. The monoisotopic (exact) mass is 524 g/mol. The normalized spacial score (nSPS) is 11.3. The Bertz CT molecular complexity index is 2010. The second-order valence-corrected chi connectivity index (χ2v) is 9.41. The molecule has 0 radical (unpaired) electrons. The summed E-state index contributed by atoms with van der Waals surface area (Å²) in [5, 5.41) is 9.56. The summed E-state index contributed by atoms with van der Waals surface area (Å²) in [7, 11) is 0. The van der Waals surface area contributed by atoms with E-state index < -0.39 is 0 Å². The van der Waals surface area contributed by atoms with Crippen LogP contribution in [0.25, 0.3) is 27.5 Å². The lowest BCUT2D eigenvalue weighted by Crippen LogP contribution is -2.16. The van der Waals surface area contributed by atoms with Crippen LogP contribution >= 0.6 is 0 Å². The fourth-order valence-corrected chi connectivity index (χ4v) is 5.00. The average Bonchev–Trinajstić information content (AvgIpc) is 3.64. The number of benzene rings is 4. The molecule has 0 saturated carbocycles. The number of rotatable bonds is 6. The van der Waals surface area contributed by atoms with Gasteiger partial charge in [-0.1, -0.05) is 42.5 Å². The average molecular weight is 525 g/mol. The van der Waals surface area contributed by atoms with E-state index in [1.54, 1.807) is 29.0 Å². The van der Waals surface area contributed by atoms with Crippen LogP contribution in [0.15, 0.2) is 120 Å². The Balaban J connectivity index is 1.33. The number of para-hydroxylation sites is 2. The summed E-state index contributed by atoms with van der Waals surface area (Å²) in [6, 6.07) is 32.9. The van der Waals surface area contributed by atoms with Crippen LogP contribution in [-0.2, 0) is 6.54 Å². The maximum Gasteiger partial charge on any atom is 0.255 e. The number of hydrogen-bond donors (Lipinski definition) is 2. The summed E-state index contributed by atoms with van der Waals surface area (Å²) in [4.78, 5) is 19.6. The minimum absolute atomic E-state index is 0.199. The minimum Gasteiger partial charge on any atom is -0.454 e. The zero-order valence-electron chi connectivity index (χ0n) is 21.4. The van der Waals surface area contributed by atoms with E-state index in [4.69, 9.17) is 15.1 Å². The number of furan rings is 1. The molecule has 7 aromatic rings. The van der Waals surface area contributed by atoms with E-state index in [0.29, 0.717) is 23.7 Å². The van der Waals surface area contributed by atoms with Crippen molar-refractivity contribution in [2.45, 2.75) is 6.54 Å². The zero-order chi connectivity index (χ0) is 27.1. The molecular weight excluding hydrogens is 500 g/mol. The summed E-state index contributed by atoms with van der Waals surface area (Å²) in [6.07, 6.45) is 3.51. The van der Waals surface area contributed by atoms with Crippen LogP contribution < -0.4 is 16.0 Å². The van der Waals surface area contributed by atoms with Crippen LogP contribution in [0.3, 0.4) is 0 Å². The molecule has 7 rings (SSSR count). The largest absolute Gasteiger partial charge is 0.454 e. The molecule has 4 aromatic carbocycles. The number of nitrogens with two attached hydrogens (primary N) is 1. The topological polar surface area (TPSA) is 102 Å². The molecule has 0 saturated heterocycles. The number of aromatic nitrogens is 3. The molecule has 8 heteroatoms. The fraction of sp³-hybridized carbons (Fsp3) is 0.0312. The van der Waals surface area contributed by atoms with Gasteiger partial charge in [0, 0.05) is 40.5 Å². The van der Waals surface area contributed by atoms with Crippen LogP contribution in [0.2, 0.25) is 0 Å². The number of nitrogens with zero attached hydrogens (tertiary/aromatic N) is 4. The Hall–Kier alpha value is -5.47. The number of anilines is 4. The zero-order valence-corrected chi connectivity index (χ0v) is 21.4. The maximum atomic E-state index is 12.9. The molecule has 0 atom stereocenters. The molecule has 1 amide bonds. The Morgan fingerprint density at radius 3 is 2.55 bits per heavy atom. The van der Waals surface area contributed by atoms with Crippen molar-refractivity contribution < 1.29 is 9.21 Å². The van der Waals surface area contributed by atoms with E-state index in [0.717, 1.165) is 44.4 Å². The van der Waals surface area contributed by atoms with Gasteiger partial charge >= 0.3 is 0 Å². The Labute approximate surface area is 229 Å². The van der Waals surface area contributed by atoms with Crippen molar-refractivity contribution >= 4 is 56.4 Å². The van der Waals surface area contributed by atoms with Crippen molar-refractivity contribution in [2.75, 3.05) is 10.2 Å². The molecule has 0 aliphatic carbocycles. The highest BCUT2D eigenvalue weighted by atomic mass is 16.3. The standard InChI is InChI=1S/C32H24N6O2/c33-20-21-5-3-6-22(19-21)31(39)36-23-11-13-24(14-12-23)37(32-34-17-15-25-16-18-35-38(25)32)28-9-4-8-27-26-7-1-2-10-29(26)40-30(27)28/h1-19H,20,33H2,(H,36,39).